The van der Waals surface area contributed by atoms with Gasteiger partial charge in [0.05, 0.1) is 18.7 Å². The zero-order chi connectivity index (χ0) is 18.5. The van der Waals surface area contributed by atoms with Gasteiger partial charge in [-0.2, -0.15) is 0 Å². The molecule has 0 saturated carbocycles. The van der Waals surface area contributed by atoms with Crippen molar-refractivity contribution in [3.63, 3.8) is 0 Å². The van der Waals surface area contributed by atoms with Crippen molar-refractivity contribution in [2.75, 3.05) is 45.8 Å². The number of rotatable bonds is 6. The molecule has 27 heavy (non-hydrogen) atoms. The smallest absolute Gasteiger partial charge is 0.227 e. The molecule has 2 saturated heterocycles. The molecule has 4 heterocycles. The molecular formula is C21H30N4O2. The average Bonchev–Trinajstić information content (AvgIpc) is 3.41. The second-order valence-electron chi connectivity index (χ2n) is 7.74. The number of furan rings is 1. The third-order valence-electron chi connectivity index (χ3n) is 5.84. The molecule has 0 spiro atoms. The maximum Gasteiger partial charge on any atom is 0.227 e. The highest BCUT2D eigenvalue weighted by atomic mass is 16.3. The molecule has 0 radical (unpaired) electrons. The Hall–Kier alpha value is -2.05. The van der Waals surface area contributed by atoms with Crippen molar-refractivity contribution in [2.45, 2.75) is 25.9 Å². The van der Waals surface area contributed by atoms with E-state index in [1.807, 2.05) is 12.1 Å². The van der Waals surface area contributed by atoms with Gasteiger partial charge >= 0.3 is 0 Å². The number of piperidine rings is 1. The fourth-order valence-electron chi connectivity index (χ4n) is 4.25. The molecule has 0 bridgehead atoms. The number of carbonyl (C=O) groups excluding carboxylic acids is 1. The van der Waals surface area contributed by atoms with Crippen molar-refractivity contribution in [1.29, 1.82) is 0 Å². The molecule has 146 valence electrons. The van der Waals surface area contributed by atoms with Gasteiger partial charge < -0.3 is 13.9 Å². The van der Waals surface area contributed by atoms with E-state index in [4.69, 9.17) is 4.42 Å². The van der Waals surface area contributed by atoms with E-state index >= 15 is 0 Å². The van der Waals surface area contributed by atoms with Crippen molar-refractivity contribution >= 4 is 5.91 Å². The summed E-state index contributed by atoms with van der Waals surface area (Å²) in [5.41, 5.74) is 0. The number of hydrogen-bond donors (Lipinski definition) is 0. The second-order valence-corrected chi connectivity index (χ2v) is 7.74. The highest BCUT2D eigenvalue weighted by Gasteiger charge is 2.31. The van der Waals surface area contributed by atoms with Crippen molar-refractivity contribution < 1.29 is 9.21 Å². The van der Waals surface area contributed by atoms with Gasteiger partial charge in [0, 0.05) is 58.2 Å². The third-order valence-corrected chi connectivity index (χ3v) is 5.84. The minimum atomic E-state index is 0.139. The van der Waals surface area contributed by atoms with Crippen molar-refractivity contribution in [1.82, 2.24) is 19.3 Å². The van der Waals surface area contributed by atoms with Gasteiger partial charge in [0.2, 0.25) is 5.91 Å². The number of hydrogen-bond acceptors (Lipinski definition) is 4. The second kappa shape index (κ2) is 8.76. The summed E-state index contributed by atoms with van der Waals surface area (Å²) in [6, 6.07) is 8.07. The Balaban J connectivity index is 1.22. The van der Waals surface area contributed by atoms with Crippen LogP contribution < -0.4 is 0 Å². The fourth-order valence-corrected chi connectivity index (χ4v) is 4.25. The first-order valence-corrected chi connectivity index (χ1v) is 10.1. The summed E-state index contributed by atoms with van der Waals surface area (Å²) in [6.45, 7) is 8.47. The van der Waals surface area contributed by atoms with Gasteiger partial charge in [-0.05, 0) is 43.7 Å². The minimum Gasteiger partial charge on any atom is -0.468 e. The summed E-state index contributed by atoms with van der Waals surface area (Å²) in [6.07, 6.45) is 8.04. The van der Waals surface area contributed by atoms with Gasteiger partial charge in [-0.3, -0.25) is 14.6 Å². The highest BCUT2D eigenvalue weighted by Crippen LogP contribution is 2.21. The zero-order valence-electron chi connectivity index (χ0n) is 16.0. The Morgan fingerprint density at radius 1 is 1.00 bits per heavy atom. The Morgan fingerprint density at radius 3 is 2.56 bits per heavy atom. The van der Waals surface area contributed by atoms with Crippen molar-refractivity contribution in [3.05, 3.63) is 48.7 Å². The Kier molecular flexibility index (Phi) is 5.94. The monoisotopic (exact) mass is 370 g/mol. The minimum absolute atomic E-state index is 0.139. The van der Waals surface area contributed by atoms with Crippen LogP contribution in [0.5, 0.6) is 0 Å². The van der Waals surface area contributed by atoms with Crippen LogP contribution >= 0.6 is 0 Å². The van der Waals surface area contributed by atoms with E-state index in [1.54, 1.807) is 6.26 Å². The van der Waals surface area contributed by atoms with E-state index in [1.165, 1.54) is 0 Å². The first kappa shape index (κ1) is 18.3. The van der Waals surface area contributed by atoms with E-state index in [0.717, 1.165) is 77.5 Å². The summed E-state index contributed by atoms with van der Waals surface area (Å²) in [7, 11) is 0. The van der Waals surface area contributed by atoms with Crippen molar-refractivity contribution in [2.24, 2.45) is 5.92 Å². The molecule has 1 amide bonds. The molecule has 2 aromatic heterocycles. The van der Waals surface area contributed by atoms with Crippen LogP contribution in [0.15, 0.2) is 47.3 Å². The number of aromatic nitrogens is 1. The Morgan fingerprint density at radius 2 is 1.81 bits per heavy atom. The molecule has 0 N–H and O–H groups in total. The summed E-state index contributed by atoms with van der Waals surface area (Å²) >= 11 is 0. The van der Waals surface area contributed by atoms with E-state index < -0.39 is 0 Å². The van der Waals surface area contributed by atoms with E-state index in [2.05, 4.69) is 43.8 Å². The number of nitrogens with zero attached hydrogens (tertiary/aromatic N) is 4. The molecule has 6 heteroatoms. The van der Waals surface area contributed by atoms with E-state index in [0.29, 0.717) is 5.91 Å². The van der Waals surface area contributed by atoms with Crippen LogP contribution in [0, 0.1) is 5.92 Å². The van der Waals surface area contributed by atoms with Crippen molar-refractivity contribution in [3.8, 4) is 0 Å². The molecule has 6 nitrogen and oxygen atoms in total. The topological polar surface area (TPSA) is 44.9 Å². The molecular weight excluding hydrogens is 340 g/mol. The molecule has 0 aliphatic carbocycles. The standard InChI is InChI=1S/C21H30N4O2/c26-21(19-5-3-9-24(17-19)18-20-6-4-16-27-20)25-14-12-23(13-15-25)11-10-22-7-1-2-8-22/h1-2,4,6-8,16,19H,3,5,9-15,17-18H2. The average molecular weight is 370 g/mol. The summed E-state index contributed by atoms with van der Waals surface area (Å²) in [5, 5.41) is 0. The lowest BCUT2D eigenvalue weighted by molar-refractivity contribution is -0.139. The first-order valence-electron chi connectivity index (χ1n) is 10.1. The van der Waals surface area contributed by atoms with Gasteiger partial charge in [0.25, 0.3) is 0 Å². The molecule has 1 atom stereocenters. The quantitative estimate of drug-likeness (QED) is 0.782. The van der Waals surface area contributed by atoms with Crippen LogP contribution in [0.25, 0.3) is 0 Å². The number of amides is 1. The van der Waals surface area contributed by atoms with Gasteiger partial charge in [-0.25, -0.2) is 0 Å². The lowest BCUT2D eigenvalue weighted by Gasteiger charge is -2.39. The van der Waals surface area contributed by atoms with Crippen LogP contribution in [0.4, 0.5) is 0 Å². The molecule has 2 aliphatic rings. The van der Waals surface area contributed by atoms with Crippen LogP contribution in [-0.2, 0) is 17.9 Å². The zero-order valence-corrected chi connectivity index (χ0v) is 16.0. The molecule has 2 fully saturated rings. The van der Waals surface area contributed by atoms with E-state index in [9.17, 15) is 4.79 Å². The summed E-state index contributed by atoms with van der Waals surface area (Å²) in [5.74, 6) is 1.48. The number of likely N-dealkylation sites (tertiary alicyclic amines) is 1. The highest BCUT2D eigenvalue weighted by molar-refractivity contribution is 5.79. The molecule has 2 aromatic rings. The predicted octanol–water partition coefficient (Wildman–Crippen LogP) is 2.14. The first-order chi connectivity index (χ1) is 13.3. The normalized spacial score (nSPS) is 22.2. The van der Waals surface area contributed by atoms with Gasteiger partial charge in [0.15, 0.2) is 0 Å². The molecule has 0 aromatic carbocycles. The molecule has 1 unspecified atom stereocenters. The van der Waals surface area contributed by atoms with Gasteiger partial charge in [-0.15, -0.1) is 0 Å². The molecule has 2 aliphatic heterocycles. The lowest BCUT2D eigenvalue weighted by atomic mass is 9.96. The lowest BCUT2D eigenvalue weighted by Crippen LogP contribution is -2.52. The number of piperazine rings is 1. The SMILES string of the molecule is O=C(C1CCCN(Cc2ccco2)C1)N1CCN(CCn2cccc2)CC1. The fraction of sp³-hybridized carbons (Fsp3) is 0.571. The van der Waals surface area contributed by atoms with Crippen LogP contribution in [0.1, 0.15) is 18.6 Å². The molecule has 4 rings (SSSR count). The largest absolute Gasteiger partial charge is 0.468 e. The summed E-state index contributed by atoms with van der Waals surface area (Å²) < 4.78 is 7.68. The van der Waals surface area contributed by atoms with Crippen LogP contribution in [-0.4, -0.2) is 71.0 Å². The Labute approximate surface area is 161 Å². The van der Waals surface area contributed by atoms with E-state index in [-0.39, 0.29) is 5.92 Å². The summed E-state index contributed by atoms with van der Waals surface area (Å²) in [4.78, 5) is 19.9. The maximum absolute atomic E-state index is 13.0. The third kappa shape index (κ3) is 4.82. The van der Waals surface area contributed by atoms with Gasteiger partial charge in [0.1, 0.15) is 5.76 Å². The van der Waals surface area contributed by atoms with Gasteiger partial charge in [-0.1, -0.05) is 0 Å². The number of carbonyl (C=O) groups is 1. The Bertz CT molecular complexity index is 690. The van der Waals surface area contributed by atoms with Crippen LogP contribution in [0.3, 0.4) is 0 Å². The van der Waals surface area contributed by atoms with Crippen LogP contribution in [0.2, 0.25) is 0 Å². The predicted molar refractivity (Wildman–Crippen MR) is 104 cm³/mol. The maximum atomic E-state index is 13.0.